The van der Waals surface area contributed by atoms with E-state index in [1.807, 2.05) is 6.92 Å². The Labute approximate surface area is 112 Å². The minimum absolute atomic E-state index is 0.0983. The molecular weight excluding hydrogens is 228 g/mol. The van der Waals surface area contributed by atoms with Gasteiger partial charge in [-0.2, -0.15) is 0 Å². The van der Waals surface area contributed by atoms with Crippen molar-refractivity contribution in [1.82, 2.24) is 0 Å². The van der Waals surface area contributed by atoms with Gasteiger partial charge in [-0.1, -0.05) is 65.2 Å². The van der Waals surface area contributed by atoms with Crippen LogP contribution in [-0.4, -0.2) is 22.3 Å². The van der Waals surface area contributed by atoms with Crippen LogP contribution >= 0.6 is 0 Å². The topological polar surface area (TPSA) is 57.5 Å². The first-order valence-electron chi connectivity index (χ1n) is 7.47. The van der Waals surface area contributed by atoms with Gasteiger partial charge in [0.25, 0.3) is 0 Å². The molecule has 3 nitrogen and oxygen atoms in total. The molecule has 0 aromatic carbocycles. The van der Waals surface area contributed by atoms with Crippen molar-refractivity contribution in [2.24, 2.45) is 5.92 Å². The van der Waals surface area contributed by atoms with E-state index in [0.29, 0.717) is 0 Å². The van der Waals surface area contributed by atoms with E-state index >= 15 is 0 Å². The van der Waals surface area contributed by atoms with Gasteiger partial charge in [0, 0.05) is 0 Å². The first kappa shape index (κ1) is 17.4. The van der Waals surface area contributed by atoms with E-state index in [0.717, 1.165) is 12.8 Å². The van der Waals surface area contributed by atoms with Gasteiger partial charge in [-0.25, -0.2) is 0 Å². The molecule has 0 aliphatic rings. The van der Waals surface area contributed by atoms with Crippen molar-refractivity contribution in [3.05, 3.63) is 0 Å². The summed E-state index contributed by atoms with van der Waals surface area (Å²) in [5, 5.41) is 18.2. The zero-order valence-electron chi connectivity index (χ0n) is 12.0. The molecule has 0 aromatic rings. The predicted molar refractivity (Wildman–Crippen MR) is 74.7 cm³/mol. The number of carboxylic acids is 1. The lowest BCUT2D eigenvalue weighted by molar-refractivity contribution is -0.139. The number of rotatable bonds is 12. The van der Waals surface area contributed by atoms with E-state index in [4.69, 9.17) is 5.11 Å². The van der Waals surface area contributed by atoms with Crippen LogP contribution in [0, 0.1) is 5.92 Å². The highest BCUT2D eigenvalue weighted by Crippen LogP contribution is 2.17. The number of aliphatic hydroxyl groups is 1. The van der Waals surface area contributed by atoms with Crippen LogP contribution in [-0.2, 0) is 4.79 Å². The predicted octanol–water partition coefficient (Wildman–Crippen LogP) is 3.99. The lowest BCUT2D eigenvalue weighted by Gasteiger charge is -2.16. The van der Waals surface area contributed by atoms with Crippen LogP contribution in [0.4, 0.5) is 0 Å². The molecule has 0 heterocycles. The Bertz CT molecular complexity index is 204. The van der Waals surface area contributed by atoms with Crippen molar-refractivity contribution in [3.63, 3.8) is 0 Å². The standard InChI is InChI=1S/C15H30O3/c1-3-4-5-6-7-8-9-10-11-13(2)14(16)12-15(17)18/h13-14,16H,3-12H2,1-2H3,(H,17,18)/t13-,14+/m0/s1. The van der Waals surface area contributed by atoms with Gasteiger partial charge in [0.05, 0.1) is 12.5 Å². The summed E-state index contributed by atoms with van der Waals surface area (Å²) >= 11 is 0. The summed E-state index contributed by atoms with van der Waals surface area (Å²) in [6, 6.07) is 0. The molecule has 0 unspecified atom stereocenters. The molecule has 0 radical (unpaired) electrons. The van der Waals surface area contributed by atoms with E-state index in [-0.39, 0.29) is 12.3 Å². The minimum Gasteiger partial charge on any atom is -0.481 e. The molecule has 0 aliphatic heterocycles. The molecule has 0 saturated carbocycles. The van der Waals surface area contributed by atoms with E-state index in [1.54, 1.807) is 0 Å². The fraction of sp³-hybridized carbons (Fsp3) is 0.933. The first-order valence-corrected chi connectivity index (χ1v) is 7.47. The lowest BCUT2D eigenvalue weighted by Crippen LogP contribution is -2.21. The maximum atomic E-state index is 10.5. The fourth-order valence-corrected chi connectivity index (χ4v) is 2.17. The summed E-state index contributed by atoms with van der Waals surface area (Å²) in [6.07, 6.45) is 10.3. The molecule has 0 rings (SSSR count). The van der Waals surface area contributed by atoms with Crippen LogP contribution in [0.2, 0.25) is 0 Å². The van der Waals surface area contributed by atoms with Crippen LogP contribution in [0.1, 0.15) is 78.1 Å². The van der Waals surface area contributed by atoms with Crippen LogP contribution in [0.5, 0.6) is 0 Å². The molecular formula is C15H30O3. The SMILES string of the molecule is CCCCCCCCCC[C@H](C)[C@H](O)CC(=O)O. The third-order valence-electron chi connectivity index (χ3n) is 3.55. The third kappa shape index (κ3) is 10.6. The molecule has 0 amide bonds. The minimum atomic E-state index is -0.912. The van der Waals surface area contributed by atoms with Gasteiger partial charge in [0.2, 0.25) is 0 Å². The molecule has 2 atom stereocenters. The lowest BCUT2D eigenvalue weighted by atomic mass is 9.95. The van der Waals surface area contributed by atoms with Crippen LogP contribution in [0.25, 0.3) is 0 Å². The molecule has 108 valence electrons. The molecule has 0 spiro atoms. The van der Waals surface area contributed by atoms with Crippen LogP contribution in [0.15, 0.2) is 0 Å². The van der Waals surface area contributed by atoms with E-state index in [2.05, 4.69) is 6.92 Å². The smallest absolute Gasteiger partial charge is 0.305 e. The quantitative estimate of drug-likeness (QED) is 0.520. The second-order valence-corrected chi connectivity index (χ2v) is 5.41. The number of unbranched alkanes of at least 4 members (excludes halogenated alkanes) is 7. The Kier molecular flexibility index (Phi) is 11.2. The maximum Gasteiger partial charge on any atom is 0.305 e. The Morgan fingerprint density at radius 3 is 2.00 bits per heavy atom. The summed E-state index contributed by atoms with van der Waals surface area (Å²) in [5.41, 5.74) is 0. The van der Waals surface area contributed by atoms with Gasteiger partial charge in [-0.05, 0) is 12.3 Å². The highest BCUT2D eigenvalue weighted by atomic mass is 16.4. The molecule has 3 heteroatoms. The van der Waals surface area contributed by atoms with E-state index in [9.17, 15) is 9.90 Å². The zero-order valence-corrected chi connectivity index (χ0v) is 12.0. The molecule has 0 fully saturated rings. The fourth-order valence-electron chi connectivity index (χ4n) is 2.17. The van der Waals surface area contributed by atoms with Crippen molar-refractivity contribution in [1.29, 1.82) is 0 Å². The van der Waals surface area contributed by atoms with Crippen molar-refractivity contribution in [3.8, 4) is 0 Å². The Morgan fingerprint density at radius 2 is 1.50 bits per heavy atom. The van der Waals surface area contributed by atoms with Gasteiger partial charge in [0.1, 0.15) is 0 Å². The molecule has 0 bridgehead atoms. The van der Waals surface area contributed by atoms with Crippen LogP contribution < -0.4 is 0 Å². The molecule has 18 heavy (non-hydrogen) atoms. The van der Waals surface area contributed by atoms with Crippen molar-refractivity contribution < 1.29 is 15.0 Å². The summed E-state index contributed by atoms with van der Waals surface area (Å²) in [7, 11) is 0. The number of hydrogen-bond acceptors (Lipinski definition) is 2. The third-order valence-corrected chi connectivity index (χ3v) is 3.55. The average Bonchev–Trinajstić information content (AvgIpc) is 2.31. The molecule has 0 aromatic heterocycles. The summed E-state index contributed by atoms with van der Waals surface area (Å²) in [4.78, 5) is 10.5. The van der Waals surface area contributed by atoms with Gasteiger partial charge < -0.3 is 10.2 Å². The largest absolute Gasteiger partial charge is 0.481 e. The van der Waals surface area contributed by atoms with Crippen molar-refractivity contribution >= 4 is 5.97 Å². The van der Waals surface area contributed by atoms with Crippen molar-refractivity contribution in [2.75, 3.05) is 0 Å². The van der Waals surface area contributed by atoms with Gasteiger partial charge in [-0.15, -0.1) is 0 Å². The highest BCUT2D eigenvalue weighted by molar-refractivity contribution is 5.67. The average molecular weight is 258 g/mol. The summed E-state index contributed by atoms with van der Waals surface area (Å²) in [6.45, 7) is 4.17. The maximum absolute atomic E-state index is 10.5. The number of aliphatic hydroxyl groups excluding tert-OH is 1. The second-order valence-electron chi connectivity index (χ2n) is 5.41. The molecule has 2 N–H and O–H groups in total. The first-order chi connectivity index (χ1) is 8.57. The number of carbonyl (C=O) groups is 1. The van der Waals surface area contributed by atoms with Gasteiger partial charge in [0.15, 0.2) is 0 Å². The molecule has 0 saturated heterocycles. The van der Waals surface area contributed by atoms with Gasteiger partial charge in [-0.3, -0.25) is 4.79 Å². The Balaban J connectivity index is 3.34. The number of aliphatic carboxylic acids is 1. The number of hydrogen-bond donors (Lipinski definition) is 2. The monoisotopic (exact) mass is 258 g/mol. The Hall–Kier alpha value is -0.570. The highest BCUT2D eigenvalue weighted by Gasteiger charge is 2.16. The Morgan fingerprint density at radius 1 is 1.00 bits per heavy atom. The van der Waals surface area contributed by atoms with Crippen molar-refractivity contribution in [2.45, 2.75) is 84.2 Å². The van der Waals surface area contributed by atoms with E-state index < -0.39 is 12.1 Å². The summed E-state index contributed by atoms with van der Waals surface area (Å²) in [5.74, 6) is -0.813. The number of carboxylic acid groups (broad SMARTS) is 1. The molecule has 0 aliphatic carbocycles. The van der Waals surface area contributed by atoms with Gasteiger partial charge >= 0.3 is 5.97 Å². The zero-order chi connectivity index (χ0) is 13.8. The second kappa shape index (κ2) is 11.5. The van der Waals surface area contributed by atoms with E-state index in [1.165, 1.54) is 44.9 Å². The normalized spacial score (nSPS) is 14.4. The summed E-state index contributed by atoms with van der Waals surface area (Å²) < 4.78 is 0. The van der Waals surface area contributed by atoms with Crippen LogP contribution in [0.3, 0.4) is 0 Å².